The van der Waals surface area contributed by atoms with Crippen molar-refractivity contribution in [1.29, 1.82) is 0 Å². The molecule has 8 nitrogen and oxygen atoms in total. The normalized spacial score (nSPS) is 35.7. The highest BCUT2D eigenvalue weighted by Crippen LogP contribution is 2.60. The molecule has 5 aliphatic rings. The highest BCUT2D eigenvalue weighted by atomic mass is 19.4. The molecule has 0 radical (unpaired) electrons. The van der Waals surface area contributed by atoms with Gasteiger partial charge in [-0.2, -0.15) is 13.2 Å². The van der Waals surface area contributed by atoms with Crippen LogP contribution in [0.3, 0.4) is 0 Å². The first-order chi connectivity index (χ1) is 15.1. The molecule has 2 unspecified atom stereocenters. The zero-order valence-electron chi connectivity index (χ0n) is 17.3. The summed E-state index contributed by atoms with van der Waals surface area (Å²) >= 11 is 0. The molecular formula is C21H25F3N4O4. The number of carboxylic acid groups (broad SMARTS) is 1. The number of aliphatic carboxylic acids is 1. The minimum Gasteiger partial charge on any atom is -0.481 e. The smallest absolute Gasteiger partial charge is 0.433 e. The minimum atomic E-state index is -4.55. The van der Waals surface area contributed by atoms with Crippen molar-refractivity contribution in [2.45, 2.75) is 56.8 Å². The third-order valence-corrected chi connectivity index (χ3v) is 7.60. The van der Waals surface area contributed by atoms with Crippen molar-refractivity contribution >= 4 is 18.0 Å². The summed E-state index contributed by atoms with van der Waals surface area (Å²) in [6.45, 7) is 0.696. The van der Waals surface area contributed by atoms with Gasteiger partial charge < -0.3 is 20.1 Å². The van der Waals surface area contributed by atoms with Gasteiger partial charge in [-0.05, 0) is 62.3 Å². The number of aromatic nitrogens is 2. The van der Waals surface area contributed by atoms with Crippen LogP contribution in [0.5, 0.6) is 0 Å². The molecule has 174 valence electrons. The SMILES string of the molecule is O=C(OC1C2CC3CC1CC(C(=O)O)(C3)C2)N1CC[C@@H](Nc2nccc(C(F)(F)F)n2)C1. The van der Waals surface area contributed by atoms with E-state index in [2.05, 4.69) is 15.3 Å². The summed E-state index contributed by atoms with van der Waals surface area (Å²) < 4.78 is 44.4. The Hall–Kier alpha value is -2.59. The van der Waals surface area contributed by atoms with Crippen LogP contribution in [0.2, 0.25) is 0 Å². The molecule has 1 amide bonds. The summed E-state index contributed by atoms with van der Waals surface area (Å²) in [5, 5.41) is 12.6. The van der Waals surface area contributed by atoms with Gasteiger partial charge in [-0.15, -0.1) is 0 Å². The van der Waals surface area contributed by atoms with E-state index in [-0.39, 0.29) is 36.5 Å². The molecule has 1 aromatic rings. The number of ether oxygens (including phenoxy) is 1. The number of hydrogen-bond donors (Lipinski definition) is 2. The zero-order valence-corrected chi connectivity index (χ0v) is 17.3. The highest BCUT2D eigenvalue weighted by molar-refractivity contribution is 5.75. The van der Waals surface area contributed by atoms with Gasteiger partial charge in [-0.3, -0.25) is 4.79 Å². The Morgan fingerprint density at radius 3 is 2.59 bits per heavy atom. The summed E-state index contributed by atoms with van der Waals surface area (Å²) in [5.74, 6) is -0.300. The maximum Gasteiger partial charge on any atom is 0.433 e. The molecule has 2 heterocycles. The summed E-state index contributed by atoms with van der Waals surface area (Å²) in [5.41, 5.74) is -1.68. The third-order valence-electron chi connectivity index (χ3n) is 7.60. The zero-order chi connectivity index (χ0) is 22.7. The molecular weight excluding hydrogens is 429 g/mol. The summed E-state index contributed by atoms with van der Waals surface area (Å²) in [4.78, 5) is 33.6. The van der Waals surface area contributed by atoms with Gasteiger partial charge in [0.2, 0.25) is 5.95 Å². The standard InChI is InChI=1S/C21H25F3N4O4/c22-21(23,24)15-1-3-25-18(27-15)26-14-2-4-28(10-14)19(31)32-16-12-5-11-6-13(16)9-20(7-11,8-12)17(29)30/h1,3,11-14,16H,2,4-10H2,(H,29,30)(H,25,26,27)/t11?,12?,13?,14-,16?,20?/m1/s1. The van der Waals surface area contributed by atoms with E-state index in [1.165, 1.54) is 0 Å². The van der Waals surface area contributed by atoms with Gasteiger partial charge in [0.25, 0.3) is 0 Å². The van der Waals surface area contributed by atoms with Gasteiger partial charge >= 0.3 is 18.2 Å². The van der Waals surface area contributed by atoms with Crippen LogP contribution in [0.1, 0.15) is 44.2 Å². The second-order valence-electron chi connectivity index (χ2n) is 9.74. The molecule has 0 aromatic carbocycles. The van der Waals surface area contributed by atoms with Crippen molar-refractivity contribution in [1.82, 2.24) is 14.9 Å². The topological polar surface area (TPSA) is 105 Å². The molecule has 11 heteroatoms. The highest BCUT2D eigenvalue weighted by Gasteiger charge is 2.60. The van der Waals surface area contributed by atoms with Crippen molar-refractivity contribution in [2.24, 2.45) is 23.2 Å². The first-order valence-corrected chi connectivity index (χ1v) is 11.0. The van der Waals surface area contributed by atoms with Crippen molar-refractivity contribution in [2.75, 3.05) is 18.4 Å². The quantitative estimate of drug-likeness (QED) is 0.719. The molecule has 5 fully saturated rings. The van der Waals surface area contributed by atoms with Crippen LogP contribution in [0, 0.1) is 23.2 Å². The van der Waals surface area contributed by atoms with Crippen LogP contribution in [0.4, 0.5) is 23.9 Å². The molecule has 1 aromatic heterocycles. The van der Waals surface area contributed by atoms with Crippen molar-refractivity contribution in [3.05, 3.63) is 18.0 Å². The third kappa shape index (κ3) is 3.75. The van der Waals surface area contributed by atoms with Gasteiger partial charge in [0.05, 0.1) is 5.41 Å². The van der Waals surface area contributed by atoms with Gasteiger partial charge in [-0.1, -0.05) is 0 Å². The van der Waals surface area contributed by atoms with E-state index >= 15 is 0 Å². The number of amides is 1. The monoisotopic (exact) mass is 454 g/mol. The lowest BCUT2D eigenvalue weighted by atomic mass is 9.48. The number of halogens is 3. The van der Waals surface area contributed by atoms with Crippen LogP contribution in [0.25, 0.3) is 0 Å². The number of hydrogen-bond acceptors (Lipinski definition) is 6. The Labute approximate surface area is 182 Å². The summed E-state index contributed by atoms with van der Waals surface area (Å²) in [7, 11) is 0. The maximum atomic E-state index is 12.8. The average molecular weight is 454 g/mol. The minimum absolute atomic E-state index is 0.0799. The molecule has 1 saturated heterocycles. The van der Waals surface area contributed by atoms with Gasteiger partial charge in [0.1, 0.15) is 11.8 Å². The second-order valence-corrected chi connectivity index (χ2v) is 9.74. The van der Waals surface area contributed by atoms with E-state index < -0.39 is 29.3 Å². The maximum absolute atomic E-state index is 12.8. The second kappa shape index (κ2) is 7.48. The number of carbonyl (C=O) groups is 2. The molecule has 4 bridgehead atoms. The van der Waals surface area contributed by atoms with Crippen molar-refractivity contribution in [3.8, 4) is 0 Å². The number of nitrogens with zero attached hydrogens (tertiary/aromatic N) is 3. The number of carboxylic acids is 1. The van der Waals surface area contributed by atoms with Gasteiger partial charge in [-0.25, -0.2) is 14.8 Å². The summed E-state index contributed by atoms with van der Waals surface area (Å²) in [6.07, 6.45) is -0.0104. The summed E-state index contributed by atoms with van der Waals surface area (Å²) in [6, 6.07) is 0.531. The fourth-order valence-corrected chi connectivity index (χ4v) is 6.44. The van der Waals surface area contributed by atoms with Crippen molar-refractivity contribution in [3.63, 3.8) is 0 Å². The Kier molecular flexibility index (Phi) is 4.97. The largest absolute Gasteiger partial charge is 0.481 e. The predicted octanol–water partition coefficient (Wildman–Crippen LogP) is 3.40. The molecule has 1 aliphatic heterocycles. The number of carbonyl (C=O) groups excluding carboxylic acids is 1. The number of anilines is 1. The molecule has 2 N–H and O–H groups in total. The Balaban J connectivity index is 1.18. The molecule has 6 rings (SSSR count). The molecule has 32 heavy (non-hydrogen) atoms. The fourth-order valence-electron chi connectivity index (χ4n) is 6.44. The van der Waals surface area contributed by atoms with E-state index in [1.807, 2.05) is 0 Å². The lowest BCUT2D eigenvalue weighted by molar-refractivity contribution is -0.179. The number of likely N-dealkylation sites (tertiary alicyclic amines) is 1. The lowest BCUT2D eigenvalue weighted by Gasteiger charge is -2.57. The van der Waals surface area contributed by atoms with Gasteiger partial charge in [0.15, 0.2) is 0 Å². The Morgan fingerprint density at radius 2 is 1.94 bits per heavy atom. The van der Waals surface area contributed by atoms with E-state index in [0.29, 0.717) is 31.7 Å². The van der Waals surface area contributed by atoms with E-state index in [0.717, 1.165) is 31.5 Å². The van der Waals surface area contributed by atoms with Crippen molar-refractivity contribution < 1.29 is 32.6 Å². The fraction of sp³-hybridized carbons (Fsp3) is 0.714. The first kappa shape index (κ1) is 21.3. The number of rotatable bonds is 4. The van der Waals surface area contributed by atoms with E-state index in [4.69, 9.17) is 4.74 Å². The predicted molar refractivity (Wildman–Crippen MR) is 105 cm³/mol. The molecule has 4 aliphatic carbocycles. The molecule has 0 spiro atoms. The van der Waals surface area contributed by atoms with Crippen LogP contribution < -0.4 is 5.32 Å². The van der Waals surface area contributed by atoms with Crippen LogP contribution >= 0.6 is 0 Å². The Bertz CT molecular complexity index is 911. The van der Waals surface area contributed by atoms with E-state index in [1.54, 1.807) is 4.90 Å². The Morgan fingerprint density at radius 1 is 1.22 bits per heavy atom. The number of nitrogens with one attached hydrogen (secondary N) is 1. The van der Waals surface area contributed by atoms with Gasteiger partial charge in [0, 0.05) is 25.3 Å². The molecule has 4 saturated carbocycles. The van der Waals surface area contributed by atoms with Crippen LogP contribution in [-0.2, 0) is 15.7 Å². The number of alkyl halides is 3. The van der Waals surface area contributed by atoms with Crippen LogP contribution in [-0.4, -0.2) is 57.3 Å². The van der Waals surface area contributed by atoms with E-state index in [9.17, 15) is 27.9 Å². The average Bonchev–Trinajstić information content (AvgIpc) is 3.18. The lowest BCUT2D eigenvalue weighted by Crippen LogP contribution is -2.57. The van der Waals surface area contributed by atoms with Crippen LogP contribution in [0.15, 0.2) is 12.3 Å². The first-order valence-electron chi connectivity index (χ1n) is 11.0. The molecule has 3 atom stereocenters.